The number of rotatable bonds is 4. The van der Waals surface area contributed by atoms with Gasteiger partial charge in [-0.1, -0.05) is 4.98 Å². The number of carbonyl (C=O) groups excluding carboxylic acids is 1. The van der Waals surface area contributed by atoms with E-state index in [1.165, 1.54) is 12.3 Å². The summed E-state index contributed by atoms with van der Waals surface area (Å²) < 4.78 is 7.10. The third-order valence-electron chi connectivity index (χ3n) is 2.68. The van der Waals surface area contributed by atoms with Gasteiger partial charge in [0.1, 0.15) is 0 Å². The fourth-order valence-electron chi connectivity index (χ4n) is 1.44. The van der Waals surface area contributed by atoms with Crippen molar-refractivity contribution in [1.82, 2.24) is 24.3 Å². The smallest absolute Gasteiger partial charge is 0.443 e. The zero-order valence-electron chi connectivity index (χ0n) is 12.7. The van der Waals surface area contributed by atoms with Gasteiger partial charge in [0.15, 0.2) is 12.5 Å². The molecule has 11 nitrogen and oxygen atoms in total. The molecule has 0 radical (unpaired) electrons. The highest BCUT2D eigenvalue weighted by Crippen LogP contribution is 2.15. The Kier molecular flexibility index (Phi) is 4.20. The van der Waals surface area contributed by atoms with Crippen LogP contribution in [0.25, 0.3) is 5.82 Å². The van der Waals surface area contributed by atoms with Crippen LogP contribution in [-0.4, -0.2) is 35.2 Å². The first-order valence-electron chi connectivity index (χ1n) is 6.49. The Balaban J connectivity index is 2.16. The molecule has 0 N–H and O–H groups in total. The molecule has 2 aromatic rings. The predicted octanol–water partition coefficient (Wildman–Crippen LogP) is 0.279. The molecule has 0 aromatic carbocycles. The summed E-state index contributed by atoms with van der Waals surface area (Å²) in [6, 6.07) is 1.39. The number of carbonyl (C=O) groups is 1. The fraction of sp³-hybridized carbons (Fsp3) is 0.417. The molecular formula is C12H14N6O5. The molecule has 2 rings (SSSR count). The summed E-state index contributed by atoms with van der Waals surface area (Å²) in [5.74, 6) is -0.996. The van der Waals surface area contributed by atoms with Gasteiger partial charge in [0.2, 0.25) is 6.33 Å². The van der Waals surface area contributed by atoms with Gasteiger partial charge in [0, 0.05) is 17.4 Å². The highest BCUT2D eigenvalue weighted by atomic mass is 16.6. The molecule has 0 saturated heterocycles. The van der Waals surface area contributed by atoms with Gasteiger partial charge < -0.3 is 14.9 Å². The van der Waals surface area contributed by atoms with Crippen molar-refractivity contribution in [2.24, 2.45) is 5.41 Å². The third-order valence-corrected chi connectivity index (χ3v) is 2.68. The van der Waals surface area contributed by atoms with Gasteiger partial charge >= 0.3 is 17.6 Å². The van der Waals surface area contributed by atoms with Gasteiger partial charge in [-0.15, -0.1) is 4.68 Å². The van der Waals surface area contributed by atoms with Crippen LogP contribution in [0.5, 0.6) is 0 Å². The minimum absolute atomic E-state index is 0.0639. The fourth-order valence-corrected chi connectivity index (χ4v) is 1.44. The SMILES string of the molecule is CC(C)(C)C(=O)OCn1ccc(-n2cnc([N+](=O)[O-])n2)nc1=O. The van der Waals surface area contributed by atoms with Crippen molar-refractivity contribution in [1.29, 1.82) is 0 Å². The average molecular weight is 322 g/mol. The maximum absolute atomic E-state index is 11.9. The van der Waals surface area contributed by atoms with Gasteiger partial charge in [-0.3, -0.25) is 9.36 Å². The summed E-state index contributed by atoms with van der Waals surface area (Å²) in [4.78, 5) is 40.5. The third kappa shape index (κ3) is 3.75. The van der Waals surface area contributed by atoms with E-state index in [9.17, 15) is 19.7 Å². The summed E-state index contributed by atoms with van der Waals surface area (Å²) >= 11 is 0. The van der Waals surface area contributed by atoms with E-state index >= 15 is 0 Å². The Morgan fingerprint density at radius 3 is 2.65 bits per heavy atom. The van der Waals surface area contributed by atoms with Crippen molar-refractivity contribution in [3.8, 4) is 5.82 Å². The van der Waals surface area contributed by atoms with Crippen molar-refractivity contribution < 1.29 is 14.5 Å². The summed E-state index contributed by atoms with van der Waals surface area (Å²) in [7, 11) is 0. The number of nitro groups is 1. The second-order valence-corrected chi connectivity index (χ2v) is 5.60. The number of hydrogen-bond donors (Lipinski definition) is 0. The zero-order chi connectivity index (χ0) is 17.2. The van der Waals surface area contributed by atoms with E-state index in [0.717, 1.165) is 15.6 Å². The molecule has 0 aliphatic heterocycles. The van der Waals surface area contributed by atoms with E-state index in [0.29, 0.717) is 0 Å². The van der Waals surface area contributed by atoms with E-state index in [2.05, 4.69) is 15.1 Å². The molecule has 0 bridgehead atoms. The maximum atomic E-state index is 11.9. The normalized spacial score (nSPS) is 11.3. The number of nitrogens with zero attached hydrogens (tertiary/aromatic N) is 6. The molecule has 2 heterocycles. The second-order valence-electron chi connectivity index (χ2n) is 5.60. The lowest BCUT2D eigenvalue weighted by Gasteiger charge is -2.16. The topological polar surface area (TPSA) is 135 Å². The van der Waals surface area contributed by atoms with Crippen LogP contribution < -0.4 is 5.69 Å². The van der Waals surface area contributed by atoms with E-state index in [-0.39, 0.29) is 12.5 Å². The van der Waals surface area contributed by atoms with E-state index < -0.39 is 27.9 Å². The lowest BCUT2D eigenvalue weighted by atomic mass is 9.98. The minimum atomic E-state index is -0.760. The molecule has 11 heteroatoms. The average Bonchev–Trinajstić information content (AvgIpc) is 2.94. The van der Waals surface area contributed by atoms with Crippen LogP contribution in [0.4, 0.5) is 5.95 Å². The Morgan fingerprint density at radius 2 is 2.13 bits per heavy atom. The standard InChI is InChI=1S/C12H14N6O5/c1-12(2,3)9(19)23-7-16-5-4-8(14-11(16)20)17-6-13-10(15-17)18(21)22/h4-6H,7H2,1-3H3. The molecular weight excluding hydrogens is 308 g/mol. The Hall–Kier alpha value is -3.11. The zero-order valence-corrected chi connectivity index (χ0v) is 12.7. The second kappa shape index (κ2) is 5.94. The summed E-state index contributed by atoms with van der Waals surface area (Å²) in [5.41, 5.74) is -1.38. The summed E-state index contributed by atoms with van der Waals surface area (Å²) in [6.45, 7) is 4.80. The maximum Gasteiger partial charge on any atom is 0.491 e. The van der Waals surface area contributed by atoms with Crippen molar-refractivity contribution in [2.45, 2.75) is 27.5 Å². The van der Waals surface area contributed by atoms with Gasteiger partial charge in [0.05, 0.1) is 5.41 Å². The van der Waals surface area contributed by atoms with E-state index in [1.54, 1.807) is 20.8 Å². The molecule has 0 aliphatic rings. The number of esters is 1. The Labute approximate surface area is 129 Å². The molecule has 0 amide bonds. The highest BCUT2D eigenvalue weighted by molar-refractivity contribution is 5.75. The van der Waals surface area contributed by atoms with Crippen LogP contribution >= 0.6 is 0 Å². The van der Waals surface area contributed by atoms with Gasteiger partial charge in [-0.05, 0) is 25.7 Å². The predicted molar refractivity (Wildman–Crippen MR) is 75.6 cm³/mol. The molecule has 2 aromatic heterocycles. The number of ether oxygens (including phenoxy) is 1. The van der Waals surface area contributed by atoms with Crippen LogP contribution in [0, 0.1) is 15.5 Å². The van der Waals surface area contributed by atoms with Crippen LogP contribution in [-0.2, 0) is 16.3 Å². The summed E-state index contributed by atoms with van der Waals surface area (Å²) in [6.07, 6.45) is 2.41. The Bertz CT molecular complexity index is 803. The number of hydrogen-bond acceptors (Lipinski definition) is 8. The lowest BCUT2D eigenvalue weighted by molar-refractivity contribution is -0.394. The lowest BCUT2D eigenvalue weighted by Crippen LogP contribution is -2.29. The summed E-state index contributed by atoms with van der Waals surface area (Å²) in [5, 5.41) is 14.1. The molecule has 0 unspecified atom stereocenters. The van der Waals surface area contributed by atoms with Crippen LogP contribution in [0.2, 0.25) is 0 Å². The molecule has 0 aliphatic carbocycles. The molecule has 122 valence electrons. The first kappa shape index (κ1) is 16.3. The van der Waals surface area contributed by atoms with Crippen LogP contribution in [0.1, 0.15) is 20.8 Å². The van der Waals surface area contributed by atoms with Crippen LogP contribution in [0.3, 0.4) is 0 Å². The minimum Gasteiger partial charge on any atom is -0.443 e. The van der Waals surface area contributed by atoms with E-state index in [1.807, 2.05) is 0 Å². The largest absolute Gasteiger partial charge is 0.491 e. The quantitative estimate of drug-likeness (QED) is 0.445. The molecule has 0 atom stereocenters. The molecule has 0 spiro atoms. The monoisotopic (exact) mass is 322 g/mol. The van der Waals surface area contributed by atoms with Crippen molar-refractivity contribution >= 4 is 11.9 Å². The van der Waals surface area contributed by atoms with Crippen molar-refractivity contribution in [3.05, 3.63) is 39.2 Å². The van der Waals surface area contributed by atoms with Gasteiger partial charge in [0.25, 0.3) is 0 Å². The number of aromatic nitrogens is 5. The molecule has 0 fully saturated rings. The highest BCUT2D eigenvalue weighted by Gasteiger charge is 2.23. The van der Waals surface area contributed by atoms with Gasteiger partial charge in [-0.2, -0.15) is 4.98 Å². The Morgan fingerprint density at radius 1 is 1.43 bits per heavy atom. The van der Waals surface area contributed by atoms with E-state index in [4.69, 9.17) is 4.74 Å². The van der Waals surface area contributed by atoms with Gasteiger partial charge in [-0.25, -0.2) is 4.79 Å². The van der Waals surface area contributed by atoms with Crippen molar-refractivity contribution in [2.75, 3.05) is 0 Å². The molecule has 23 heavy (non-hydrogen) atoms. The van der Waals surface area contributed by atoms with Crippen LogP contribution in [0.15, 0.2) is 23.4 Å². The first-order valence-corrected chi connectivity index (χ1v) is 6.49. The van der Waals surface area contributed by atoms with Crippen molar-refractivity contribution in [3.63, 3.8) is 0 Å². The molecule has 0 saturated carbocycles. The first-order chi connectivity index (χ1) is 10.7.